The van der Waals surface area contributed by atoms with Crippen molar-refractivity contribution in [2.75, 3.05) is 0 Å². The van der Waals surface area contributed by atoms with E-state index in [-0.39, 0.29) is 17.9 Å². The quantitative estimate of drug-likeness (QED) is 0.728. The molecule has 1 nitrogen and oxygen atoms in total. The maximum absolute atomic E-state index is 14.5. The highest BCUT2D eigenvalue weighted by Crippen LogP contribution is 2.27. The zero-order valence-electron chi connectivity index (χ0n) is 11.5. The molecule has 0 unspecified atom stereocenters. The number of hydrogen-bond acceptors (Lipinski definition) is 1. The second-order valence-electron chi connectivity index (χ2n) is 5.17. The molecule has 0 aliphatic heterocycles. The monoisotopic (exact) mass is 274 g/mol. The number of rotatable bonds is 4. The molecular weight excluding hydrogens is 258 g/mol. The van der Waals surface area contributed by atoms with Crippen LogP contribution in [-0.2, 0) is 0 Å². The lowest BCUT2D eigenvalue weighted by atomic mass is 9.96. The van der Waals surface area contributed by atoms with Gasteiger partial charge in [-0.05, 0) is 23.6 Å². The van der Waals surface area contributed by atoms with Crippen molar-refractivity contribution in [2.45, 2.75) is 20.3 Å². The van der Waals surface area contributed by atoms with Crippen molar-refractivity contribution >= 4 is 5.78 Å². The summed E-state index contributed by atoms with van der Waals surface area (Å²) in [5, 5.41) is 0. The van der Waals surface area contributed by atoms with Crippen molar-refractivity contribution in [3.05, 3.63) is 59.7 Å². The lowest BCUT2D eigenvalue weighted by Crippen LogP contribution is -2.09. The first-order chi connectivity index (χ1) is 9.50. The number of Topliss-reactive ketones (excluding diaryl/α,β-unsaturated/α-hetero) is 1. The number of carbonyl (C=O) groups excluding carboxylic acids is 1. The minimum atomic E-state index is -0.798. The van der Waals surface area contributed by atoms with Gasteiger partial charge in [0, 0.05) is 12.0 Å². The van der Waals surface area contributed by atoms with Gasteiger partial charge in [-0.15, -0.1) is 0 Å². The summed E-state index contributed by atoms with van der Waals surface area (Å²) in [7, 11) is 0. The molecule has 0 spiro atoms. The van der Waals surface area contributed by atoms with Crippen LogP contribution >= 0.6 is 0 Å². The third kappa shape index (κ3) is 2.93. The second-order valence-corrected chi connectivity index (χ2v) is 5.17. The fourth-order valence-corrected chi connectivity index (χ4v) is 2.12. The highest BCUT2D eigenvalue weighted by Gasteiger charge is 2.21. The molecule has 0 saturated heterocycles. The predicted molar refractivity (Wildman–Crippen MR) is 75.6 cm³/mol. The van der Waals surface area contributed by atoms with E-state index in [9.17, 15) is 13.6 Å². The van der Waals surface area contributed by atoms with E-state index in [4.69, 9.17) is 0 Å². The fourth-order valence-electron chi connectivity index (χ4n) is 2.12. The molecule has 104 valence electrons. The van der Waals surface area contributed by atoms with Gasteiger partial charge >= 0.3 is 0 Å². The molecule has 0 fully saturated rings. The van der Waals surface area contributed by atoms with Gasteiger partial charge in [0.1, 0.15) is 11.6 Å². The molecule has 0 heterocycles. The van der Waals surface area contributed by atoms with Gasteiger partial charge in [-0.1, -0.05) is 44.2 Å². The van der Waals surface area contributed by atoms with Gasteiger partial charge in [-0.25, -0.2) is 8.78 Å². The van der Waals surface area contributed by atoms with E-state index in [0.717, 1.165) is 6.07 Å². The molecule has 0 bridgehead atoms. The molecule has 2 aromatic rings. The zero-order valence-corrected chi connectivity index (χ0v) is 11.5. The Kier molecular flexibility index (Phi) is 4.28. The molecule has 20 heavy (non-hydrogen) atoms. The minimum Gasteiger partial charge on any atom is -0.294 e. The van der Waals surface area contributed by atoms with Crippen LogP contribution in [0.4, 0.5) is 8.78 Å². The van der Waals surface area contributed by atoms with E-state index in [1.807, 2.05) is 19.9 Å². The van der Waals surface area contributed by atoms with Crippen LogP contribution in [0.2, 0.25) is 0 Å². The first kappa shape index (κ1) is 14.4. The van der Waals surface area contributed by atoms with Crippen molar-refractivity contribution in [1.82, 2.24) is 0 Å². The fraction of sp³-hybridized carbons (Fsp3) is 0.235. The normalized spacial score (nSPS) is 10.8. The molecule has 0 amide bonds. The maximum atomic E-state index is 14.5. The Balaban J connectivity index is 2.51. The summed E-state index contributed by atoms with van der Waals surface area (Å²) in [5.41, 5.74) is 0.447. The van der Waals surface area contributed by atoms with Crippen LogP contribution in [0.5, 0.6) is 0 Å². The van der Waals surface area contributed by atoms with Crippen LogP contribution in [-0.4, -0.2) is 5.78 Å². The molecule has 0 atom stereocenters. The SMILES string of the molecule is CC(C)CC(=O)c1c(F)ccc(-c2ccccc2)c1F. The van der Waals surface area contributed by atoms with Crippen molar-refractivity contribution in [1.29, 1.82) is 0 Å². The van der Waals surface area contributed by atoms with E-state index in [1.165, 1.54) is 6.07 Å². The molecule has 0 aromatic heterocycles. The summed E-state index contributed by atoms with van der Waals surface area (Å²) in [6.45, 7) is 3.68. The average molecular weight is 274 g/mol. The van der Waals surface area contributed by atoms with Gasteiger partial charge in [0.15, 0.2) is 5.78 Å². The number of benzene rings is 2. The number of carbonyl (C=O) groups is 1. The third-order valence-electron chi connectivity index (χ3n) is 3.05. The summed E-state index contributed by atoms with van der Waals surface area (Å²) in [6.07, 6.45) is 0.131. The Bertz CT molecular complexity index is 618. The van der Waals surface area contributed by atoms with Crippen LogP contribution in [0.25, 0.3) is 11.1 Å². The summed E-state index contributed by atoms with van der Waals surface area (Å²) < 4.78 is 28.2. The summed E-state index contributed by atoms with van der Waals surface area (Å²) in [4.78, 5) is 12.0. The standard InChI is InChI=1S/C17H16F2O/c1-11(2)10-15(20)16-14(18)9-8-13(17(16)19)12-6-4-3-5-7-12/h3-9,11H,10H2,1-2H3. The predicted octanol–water partition coefficient (Wildman–Crippen LogP) is 4.86. The van der Waals surface area contributed by atoms with E-state index in [0.29, 0.717) is 5.56 Å². The van der Waals surface area contributed by atoms with Gasteiger partial charge in [0.25, 0.3) is 0 Å². The number of ketones is 1. The van der Waals surface area contributed by atoms with Crippen molar-refractivity contribution in [2.24, 2.45) is 5.92 Å². The van der Waals surface area contributed by atoms with Gasteiger partial charge in [0.2, 0.25) is 0 Å². The highest BCUT2D eigenvalue weighted by molar-refractivity contribution is 5.98. The molecule has 0 saturated carbocycles. The smallest absolute Gasteiger partial charge is 0.169 e. The molecule has 0 aliphatic carbocycles. The lowest BCUT2D eigenvalue weighted by Gasteiger charge is -2.10. The number of halogens is 2. The average Bonchev–Trinajstić information content (AvgIpc) is 2.39. The van der Waals surface area contributed by atoms with Crippen LogP contribution in [0.15, 0.2) is 42.5 Å². The molecule has 2 rings (SSSR count). The van der Waals surface area contributed by atoms with Crippen molar-refractivity contribution < 1.29 is 13.6 Å². The van der Waals surface area contributed by atoms with Gasteiger partial charge in [0.05, 0.1) is 5.56 Å². The van der Waals surface area contributed by atoms with Crippen LogP contribution in [0.3, 0.4) is 0 Å². The summed E-state index contributed by atoms with van der Waals surface area (Å²) >= 11 is 0. The van der Waals surface area contributed by atoms with Crippen LogP contribution in [0.1, 0.15) is 30.6 Å². The first-order valence-corrected chi connectivity index (χ1v) is 6.57. The van der Waals surface area contributed by atoms with E-state index in [2.05, 4.69) is 0 Å². The van der Waals surface area contributed by atoms with Crippen molar-refractivity contribution in [3.63, 3.8) is 0 Å². The van der Waals surface area contributed by atoms with E-state index < -0.39 is 23.0 Å². The highest BCUT2D eigenvalue weighted by atomic mass is 19.1. The zero-order chi connectivity index (χ0) is 14.7. The van der Waals surface area contributed by atoms with Crippen molar-refractivity contribution in [3.8, 4) is 11.1 Å². The van der Waals surface area contributed by atoms with Gasteiger partial charge in [-0.2, -0.15) is 0 Å². The Hall–Kier alpha value is -2.03. The van der Waals surface area contributed by atoms with E-state index >= 15 is 0 Å². The van der Waals surface area contributed by atoms with Crippen LogP contribution in [0, 0.1) is 17.6 Å². The Morgan fingerprint density at radius 3 is 2.30 bits per heavy atom. The van der Waals surface area contributed by atoms with E-state index in [1.54, 1.807) is 24.3 Å². The molecule has 2 aromatic carbocycles. The molecule has 0 radical (unpaired) electrons. The number of hydrogen-bond donors (Lipinski definition) is 0. The minimum absolute atomic E-state index is 0.0571. The molecule has 0 aliphatic rings. The molecule has 3 heteroatoms. The Labute approximate surface area is 117 Å². The molecule has 0 N–H and O–H groups in total. The maximum Gasteiger partial charge on any atom is 0.169 e. The third-order valence-corrected chi connectivity index (χ3v) is 3.05. The molecular formula is C17H16F2O. The topological polar surface area (TPSA) is 17.1 Å². The summed E-state index contributed by atoms with van der Waals surface area (Å²) in [5.74, 6) is -2.01. The Morgan fingerprint density at radius 1 is 1.05 bits per heavy atom. The Morgan fingerprint density at radius 2 is 1.70 bits per heavy atom. The van der Waals surface area contributed by atoms with Gasteiger partial charge < -0.3 is 0 Å². The second kappa shape index (κ2) is 5.95. The summed E-state index contributed by atoms with van der Waals surface area (Å²) in [6, 6.07) is 11.3. The largest absolute Gasteiger partial charge is 0.294 e. The first-order valence-electron chi connectivity index (χ1n) is 6.57. The van der Waals surface area contributed by atoms with Crippen LogP contribution < -0.4 is 0 Å². The van der Waals surface area contributed by atoms with Gasteiger partial charge in [-0.3, -0.25) is 4.79 Å². The lowest BCUT2D eigenvalue weighted by molar-refractivity contribution is 0.0959.